The maximum absolute atomic E-state index is 12.1. The van der Waals surface area contributed by atoms with Crippen molar-refractivity contribution in [2.24, 2.45) is 5.73 Å². The molecule has 110 valence electrons. The number of carbonyl (C=O) groups is 1. The van der Waals surface area contributed by atoms with Crippen LogP contribution in [-0.2, 0) is 11.2 Å². The number of hydrogen-bond acceptors (Lipinski definition) is 3. The molecule has 2 aromatic carbocycles. The standard InChI is InChI=1S/C16H17BrN2O2/c1-21-14-9-12(17)8-13(10-14)19-16(20)15(18)7-11-5-3-2-4-6-11/h2-6,8-10,15H,7,18H2,1H3,(H,19,20). The summed E-state index contributed by atoms with van der Waals surface area (Å²) in [5.41, 5.74) is 7.63. The fraction of sp³-hybridized carbons (Fsp3) is 0.188. The molecule has 0 aromatic heterocycles. The molecule has 3 N–H and O–H groups in total. The van der Waals surface area contributed by atoms with Crippen LogP contribution in [-0.4, -0.2) is 19.1 Å². The fourth-order valence-corrected chi connectivity index (χ4v) is 2.42. The quantitative estimate of drug-likeness (QED) is 0.872. The van der Waals surface area contributed by atoms with E-state index in [1.165, 1.54) is 0 Å². The lowest BCUT2D eigenvalue weighted by Gasteiger charge is -2.13. The minimum atomic E-state index is -0.600. The second-order valence-corrected chi connectivity index (χ2v) is 5.58. The van der Waals surface area contributed by atoms with Gasteiger partial charge < -0.3 is 15.8 Å². The highest BCUT2D eigenvalue weighted by atomic mass is 79.9. The minimum Gasteiger partial charge on any atom is -0.497 e. The van der Waals surface area contributed by atoms with Gasteiger partial charge in [-0.05, 0) is 24.1 Å². The number of carbonyl (C=O) groups excluding carboxylic acids is 1. The van der Waals surface area contributed by atoms with Gasteiger partial charge in [-0.25, -0.2) is 0 Å². The predicted molar refractivity (Wildman–Crippen MR) is 87.4 cm³/mol. The second kappa shape index (κ2) is 7.24. The van der Waals surface area contributed by atoms with Crippen LogP contribution in [0.3, 0.4) is 0 Å². The van der Waals surface area contributed by atoms with Crippen molar-refractivity contribution in [1.82, 2.24) is 0 Å². The van der Waals surface area contributed by atoms with Gasteiger partial charge >= 0.3 is 0 Å². The Kier molecular flexibility index (Phi) is 5.36. The van der Waals surface area contributed by atoms with Crippen LogP contribution in [0, 0.1) is 0 Å². The van der Waals surface area contributed by atoms with Crippen molar-refractivity contribution in [1.29, 1.82) is 0 Å². The number of anilines is 1. The number of nitrogens with one attached hydrogen (secondary N) is 1. The van der Waals surface area contributed by atoms with Crippen LogP contribution in [0.2, 0.25) is 0 Å². The molecule has 0 aliphatic carbocycles. The van der Waals surface area contributed by atoms with E-state index in [1.807, 2.05) is 36.4 Å². The smallest absolute Gasteiger partial charge is 0.241 e. The maximum atomic E-state index is 12.1. The molecule has 21 heavy (non-hydrogen) atoms. The first-order chi connectivity index (χ1) is 10.1. The molecule has 0 bridgehead atoms. The molecule has 1 amide bonds. The van der Waals surface area contributed by atoms with E-state index in [9.17, 15) is 4.79 Å². The van der Waals surface area contributed by atoms with Crippen LogP contribution in [0.1, 0.15) is 5.56 Å². The highest BCUT2D eigenvalue weighted by molar-refractivity contribution is 9.10. The summed E-state index contributed by atoms with van der Waals surface area (Å²) in [5.74, 6) is 0.440. The highest BCUT2D eigenvalue weighted by Crippen LogP contribution is 2.24. The summed E-state index contributed by atoms with van der Waals surface area (Å²) in [6, 6.07) is 14.5. The summed E-state index contributed by atoms with van der Waals surface area (Å²) in [5, 5.41) is 2.80. The number of benzene rings is 2. The van der Waals surface area contributed by atoms with Crippen molar-refractivity contribution in [2.45, 2.75) is 12.5 Å². The summed E-state index contributed by atoms with van der Waals surface area (Å²) < 4.78 is 5.99. The Hall–Kier alpha value is -1.85. The number of amides is 1. The molecule has 0 fully saturated rings. The molecule has 0 aliphatic heterocycles. The molecule has 0 spiro atoms. The summed E-state index contributed by atoms with van der Waals surface area (Å²) in [6.07, 6.45) is 0.498. The third kappa shape index (κ3) is 4.58. The van der Waals surface area contributed by atoms with Crippen molar-refractivity contribution < 1.29 is 9.53 Å². The topological polar surface area (TPSA) is 64.3 Å². The van der Waals surface area contributed by atoms with E-state index >= 15 is 0 Å². The lowest BCUT2D eigenvalue weighted by Crippen LogP contribution is -2.37. The Morgan fingerprint density at radius 2 is 2.00 bits per heavy atom. The number of methoxy groups -OCH3 is 1. The SMILES string of the molecule is COc1cc(Br)cc(NC(=O)C(N)Cc2ccccc2)c1. The summed E-state index contributed by atoms with van der Waals surface area (Å²) in [6.45, 7) is 0. The summed E-state index contributed by atoms with van der Waals surface area (Å²) >= 11 is 3.37. The number of ether oxygens (including phenoxy) is 1. The highest BCUT2D eigenvalue weighted by Gasteiger charge is 2.14. The van der Waals surface area contributed by atoms with Gasteiger partial charge in [-0.1, -0.05) is 46.3 Å². The third-order valence-corrected chi connectivity index (χ3v) is 3.47. The summed E-state index contributed by atoms with van der Waals surface area (Å²) in [4.78, 5) is 12.1. The number of hydrogen-bond donors (Lipinski definition) is 2. The van der Waals surface area contributed by atoms with Gasteiger partial charge in [0.25, 0.3) is 0 Å². The number of halogens is 1. The average Bonchev–Trinajstić information content (AvgIpc) is 2.47. The van der Waals surface area contributed by atoms with E-state index in [0.717, 1.165) is 10.0 Å². The number of rotatable bonds is 5. The van der Waals surface area contributed by atoms with Gasteiger partial charge in [0.05, 0.1) is 13.2 Å². The Bertz CT molecular complexity index is 617. The van der Waals surface area contributed by atoms with Gasteiger partial charge in [-0.2, -0.15) is 0 Å². The first-order valence-electron chi connectivity index (χ1n) is 6.53. The molecule has 0 radical (unpaired) electrons. The molecule has 2 rings (SSSR count). The Balaban J connectivity index is 2.02. The van der Waals surface area contributed by atoms with Crippen molar-refractivity contribution in [3.8, 4) is 5.75 Å². The lowest BCUT2D eigenvalue weighted by atomic mass is 10.1. The Morgan fingerprint density at radius 3 is 2.67 bits per heavy atom. The Labute approximate surface area is 132 Å². The lowest BCUT2D eigenvalue weighted by molar-refractivity contribution is -0.117. The van der Waals surface area contributed by atoms with Crippen molar-refractivity contribution in [3.05, 3.63) is 58.6 Å². The van der Waals surface area contributed by atoms with Gasteiger partial charge in [0.1, 0.15) is 5.75 Å². The molecule has 0 heterocycles. The molecule has 0 aliphatic rings. The minimum absolute atomic E-state index is 0.223. The Morgan fingerprint density at radius 1 is 1.29 bits per heavy atom. The van der Waals surface area contributed by atoms with Crippen LogP contribution in [0.5, 0.6) is 5.75 Å². The molecular weight excluding hydrogens is 332 g/mol. The normalized spacial score (nSPS) is 11.8. The largest absolute Gasteiger partial charge is 0.497 e. The number of nitrogens with two attached hydrogens (primary N) is 1. The van der Waals surface area contributed by atoms with Crippen molar-refractivity contribution in [2.75, 3.05) is 12.4 Å². The van der Waals surface area contributed by atoms with Crippen LogP contribution >= 0.6 is 15.9 Å². The predicted octanol–water partition coefficient (Wildman–Crippen LogP) is 2.97. The van der Waals surface area contributed by atoms with Gasteiger partial charge in [0.15, 0.2) is 0 Å². The van der Waals surface area contributed by atoms with Gasteiger partial charge in [-0.15, -0.1) is 0 Å². The first-order valence-corrected chi connectivity index (χ1v) is 7.33. The van der Waals surface area contributed by atoms with E-state index in [1.54, 1.807) is 19.2 Å². The molecule has 5 heteroatoms. The molecule has 2 aromatic rings. The van der Waals surface area contributed by atoms with E-state index < -0.39 is 6.04 Å². The molecule has 1 atom stereocenters. The van der Waals surface area contributed by atoms with Crippen LogP contribution < -0.4 is 15.8 Å². The molecular formula is C16H17BrN2O2. The van der Waals surface area contributed by atoms with Gasteiger partial charge in [-0.3, -0.25) is 4.79 Å². The van der Waals surface area contributed by atoms with Crippen LogP contribution in [0.4, 0.5) is 5.69 Å². The first kappa shape index (κ1) is 15.5. The van der Waals surface area contributed by atoms with E-state index in [-0.39, 0.29) is 5.91 Å². The van der Waals surface area contributed by atoms with Crippen molar-refractivity contribution in [3.63, 3.8) is 0 Å². The van der Waals surface area contributed by atoms with Crippen LogP contribution in [0.15, 0.2) is 53.0 Å². The summed E-state index contributed by atoms with van der Waals surface area (Å²) in [7, 11) is 1.58. The second-order valence-electron chi connectivity index (χ2n) is 4.67. The molecule has 0 saturated heterocycles. The van der Waals surface area contributed by atoms with Gasteiger partial charge in [0, 0.05) is 16.2 Å². The molecule has 1 unspecified atom stereocenters. The van der Waals surface area contributed by atoms with Gasteiger partial charge in [0.2, 0.25) is 5.91 Å². The molecule has 4 nitrogen and oxygen atoms in total. The van der Waals surface area contributed by atoms with Crippen LogP contribution in [0.25, 0.3) is 0 Å². The third-order valence-electron chi connectivity index (χ3n) is 3.01. The average molecular weight is 349 g/mol. The zero-order chi connectivity index (χ0) is 15.2. The molecule has 0 saturated carbocycles. The maximum Gasteiger partial charge on any atom is 0.241 e. The fourth-order valence-electron chi connectivity index (χ4n) is 1.95. The van der Waals surface area contributed by atoms with E-state index in [0.29, 0.717) is 17.9 Å². The zero-order valence-corrected chi connectivity index (χ0v) is 13.3. The monoisotopic (exact) mass is 348 g/mol. The van der Waals surface area contributed by atoms with Crippen molar-refractivity contribution >= 4 is 27.5 Å². The van der Waals surface area contributed by atoms with E-state index in [4.69, 9.17) is 10.5 Å². The zero-order valence-electron chi connectivity index (χ0n) is 11.7. The van der Waals surface area contributed by atoms with E-state index in [2.05, 4.69) is 21.2 Å².